The number of H-pyrrole nitrogens is 2. The maximum atomic E-state index is 12.9. The van der Waals surface area contributed by atoms with E-state index in [1.54, 1.807) is 9.80 Å². The van der Waals surface area contributed by atoms with Gasteiger partial charge in [-0.25, -0.2) is 19.6 Å². The van der Waals surface area contributed by atoms with Crippen molar-refractivity contribution in [2.24, 2.45) is 0 Å². The zero-order valence-corrected chi connectivity index (χ0v) is 28.2. The van der Waals surface area contributed by atoms with Gasteiger partial charge >= 0.3 is 12.2 Å². The Morgan fingerprint density at radius 1 is 0.894 bits per heavy atom. The summed E-state index contributed by atoms with van der Waals surface area (Å²) in [5, 5.41) is 7.54. The number of rotatable bonds is 3. The van der Waals surface area contributed by atoms with Gasteiger partial charge in [-0.2, -0.15) is 5.10 Å². The molecule has 2 aliphatic rings. The fourth-order valence-corrected chi connectivity index (χ4v) is 6.15. The number of carbonyl (C=O) groups is 2. The molecule has 2 aliphatic heterocycles. The Morgan fingerprint density at radius 2 is 1.57 bits per heavy atom. The molecule has 47 heavy (non-hydrogen) atoms. The molecule has 4 heterocycles. The predicted molar refractivity (Wildman–Crippen MR) is 178 cm³/mol. The molecule has 0 unspecified atom stereocenters. The lowest BCUT2D eigenvalue weighted by Crippen LogP contribution is -2.46. The van der Waals surface area contributed by atoms with Crippen LogP contribution in [0, 0.1) is 11.8 Å². The molecule has 6 rings (SSSR count). The first-order chi connectivity index (χ1) is 22.2. The van der Waals surface area contributed by atoms with Crippen LogP contribution in [0.25, 0.3) is 22.4 Å². The van der Waals surface area contributed by atoms with Gasteiger partial charge in [0, 0.05) is 29.8 Å². The van der Waals surface area contributed by atoms with Gasteiger partial charge in [0.15, 0.2) is 11.6 Å². The SMILES string of the molecule is CC(C)(C)OC(=O)N1CCC[C@H]1c1nc2ccc(C#Cc3ccc(-c4n[nH]c([C@@]5(C)CCCN5C(=O)OC(C)(C)C)n4)cc3)cc2[nH]1. The lowest BCUT2D eigenvalue weighted by Gasteiger charge is -2.34. The summed E-state index contributed by atoms with van der Waals surface area (Å²) in [6.07, 6.45) is 2.71. The summed E-state index contributed by atoms with van der Waals surface area (Å²) in [6.45, 7) is 14.5. The number of hydrogen-bond acceptors (Lipinski definition) is 7. The van der Waals surface area contributed by atoms with E-state index in [4.69, 9.17) is 19.4 Å². The molecule has 2 N–H and O–H groups in total. The first-order valence-electron chi connectivity index (χ1n) is 16.2. The number of aromatic nitrogens is 5. The highest BCUT2D eigenvalue weighted by molar-refractivity contribution is 5.77. The highest BCUT2D eigenvalue weighted by Gasteiger charge is 2.45. The average molecular weight is 638 g/mol. The number of hydrogen-bond donors (Lipinski definition) is 2. The highest BCUT2D eigenvalue weighted by Crippen LogP contribution is 2.38. The smallest absolute Gasteiger partial charge is 0.411 e. The number of nitrogens with one attached hydrogen (secondary N) is 2. The number of aromatic amines is 2. The lowest BCUT2D eigenvalue weighted by molar-refractivity contribution is 0.00850. The van der Waals surface area contributed by atoms with Crippen molar-refractivity contribution >= 4 is 23.2 Å². The molecule has 4 aromatic rings. The lowest BCUT2D eigenvalue weighted by atomic mass is 9.98. The molecule has 11 nitrogen and oxygen atoms in total. The van der Waals surface area contributed by atoms with Gasteiger partial charge in [0.05, 0.1) is 17.1 Å². The maximum absolute atomic E-state index is 12.9. The summed E-state index contributed by atoms with van der Waals surface area (Å²) in [4.78, 5) is 42.2. The van der Waals surface area contributed by atoms with Crippen molar-refractivity contribution in [2.45, 2.75) is 96.9 Å². The Morgan fingerprint density at radius 3 is 2.30 bits per heavy atom. The van der Waals surface area contributed by atoms with E-state index in [2.05, 4.69) is 27.0 Å². The normalized spacial score (nSPS) is 19.9. The van der Waals surface area contributed by atoms with Gasteiger partial charge in [0.1, 0.15) is 22.6 Å². The Balaban J connectivity index is 1.14. The van der Waals surface area contributed by atoms with Crippen molar-refractivity contribution in [3.8, 4) is 23.2 Å². The molecular formula is C36H43N7O4. The molecule has 2 atom stereocenters. The fraction of sp³-hybridized carbons (Fsp3) is 0.472. The second-order valence-corrected chi connectivity index (χ2v) is 14.5. The standard InChI is InChI=1S/C36H43N7O4/c1-34(2,3)46-32(44)42-20-8-10-28(42)30-37-26-18-15-24(22-27(26)38-30)12-11-23-13-16-25(17-14-23)29-39-31(41-40-29)36(7)19-9-21-43(36)33(45)47-35(4,5)6/h13-18,22,28H,8-10,19-21H2,1-7H3,(H,37,38)(H,39,40,41)/t28-,36+/m0/s1. The molecule has 11 heteroatoms. The van der Waals surface area contributed by atoms with Crippen LogP contribution in [0.1, 0.15) is 103 Å². The van der Waals surface area contributed by atoms with Gasteiger partial charge in [-0.05, 0) is 117 Å². The minimum absolute atomic E-state index is 0.143. The highest BCUT2D eigenvalue weighted by atomic mass is 16.6. The minimum atomic E-state index is -0.621. The van der Waals surface area contributed by atoms with E-state index < -0.39 is 16.7 Å². The van der Waals surface area contributed by atoms with Crippen LogP contribution in [0.2, 0.25) is 0 Å². The Labute approximate surface area is 275 Å². The van der Waals surface area contributed by atoms with Gasteiger partial charge < -0.3 is 14.5 Å². The molecule has 2 saturated heterocycles. The zero-order valence-electron chi connectivity index (χ0n) is 28.2. The van der Waals surface area contributed by atoms with Gasteiger partial charge in [0.2, 0.25) is 0 Å². The third kappa shape index (κ3) is 6.97. The summed E-state index contributed by atoms with van der Waals surface area (Å²) in [7, 11) is 0. The second-order valence-electron chi connectivity index (χ2n) is 14.5. The minimum Gasteiger partial charge on any atom is -0.444 e. The number of amides is 2. The number of nitrogens with zero attached hydrogens (tertiary/aromatic N) is 5. The monoisotopic (exact) mass is 637 g/mol. The summed E-state index contributed by atoms with van der Waals surface area (Å²) >= 11 is 0. The first-order valence-corrected chi connectivity index (χ1v) is 16.2. The molecule has 2 fully saturated rings. The first kappa shape index (κ1) is 32.1. The van der Waals surface area contributed by atoms with Gasteiger partial charge in [-0.1, -0.05) is 11.8 Å². The molecular weight excluding hydrogens is 594 g/mol. The van der Waals surface area contributed by atoms with E-state index in [0.29, 0.717) is 24.7 Å². The number of likely N-dealkylation sites (tertiary alicyclic amines) is 2. The molecule has 0 saturated carbocycles. The summed E-state index contributed by atoms with van der Waals surface area (Å²) < 4.78 is 11.3. The number of imidazole rings is 1. The van der Waals surface area contributed by atoms with Crippen LogP contribution in [0.4, 0.5) is 9.59 Å². The van der Waals surface area contributed by atoms with Crippen LogP contribution < -0.4 is 0 Å². The topological polar surface area (TPSA) is 129 Å². The van der Waals surface area contributed by atoms with Crippen LogP contribution in [-0.4, -0.2) is 71.4 Å². The Hall–Kier alpha value is -4.85. The number of carbonyl (C=O) groups excluding carboxylic acids is 2. The van der Waals surface area contributed by atoms with Crippen LogP contribution in [-0.2, 0) is 15.0 Å². The summed E-state index contributed by atoms with van der Waals surface area (Å²) in [6, 6.07) is 13.5. The van der Waals surface area contributed by atoms with Crippen LogP contribution in [0.15, 0.2) is 42.5 Å². The number of ether oxygens (including phenoxy) is 2. The molecule has 2 aromatic heterocycles. The fourth-order valence-electron chi connectivity index (χ4n) is 6.15. The molecule has 246 valence electrons. The van der Waals surface area contributed by atoms with E-state index in [-0.39, 0.29) is 18.2 Å². The van der Waals surface area contributed by atoms with E-state index in [1.165, 1.54) is 0 Å². The zero-order chi connectivity index (χ0) is 33.6. The van der Waals surface area contributed by atoms with Crippen LogP contribution in [0.3, 0.4) is 0 Å². The van der Waals surface area contributed by atoms with Gasteiger partial charge in [-0.3, -0.25) is 14.9 Å². The second kappa shape index (κ2) is 12.1. The third-order valence-electron chi connectivity index (χ3n) is 8.44. The summed E-state index contributed by atoms with van der Waals surface area (Å²) in [5.74, 6) is 8.46. The predicted octanol–water partition coefficient (Wildman–Crippen LogP) is 7.07. The van der Waals surface area contributed by atoms with Gasteiger partial charge in [0.25, 0.3) is 0 Å². The molecule has 0 aliphatic carbocycles. The Bertz CT molecular complexity index is 1850. The van der Waals surface area contributed by atoms with Crippen molar-refractivity contribution in [3.05, 3.63) is 65.2 Å². The van der Waals surface area contributed by atoms with Crippen molar-refractivity contribution in [3.63, 3.8) is 0 Å². The quantitative estimate of drug-likeness (QED) is 0.230. The average Bonchev–Trinajstić information content (AvgIpc) is 3.79. The van der Waals surface area contributed by atoms with Crippen molar-refractivity contribution in [1.29, 1.82) is 0 Å². The van der Waals surface area contributed by atoms with E-state index >= 15 is 0 Å². The van der Waals surface area contributed by atoms with Crippen molar-refractivity contribution < 1.29 is 19.1 Å². The van der Waals surface area contributed by atoms with Gasteiger partial charge in [-0.15, -0.1) is 0 Å². The number of benzene rings is 2. The largest absolute Gasteiger partial charge is 0.444 e. The number of fused-ring (bicyclic) bond motifs is 1. The Kier molecular flexibility index (Phi) is 8.24. The molecule has 0 spiro atoms. The van der Waals surface area contributed by atoms with E-state index in [1.807, 2.05) is 90.9 Å². The molecule has 2 aromatic carbocycles. The molecule has 2 amide bonds. The van der Waals surface area contributed by atoms with E-state index in [0.717, 1.165) is 59.2 Å². The summed E-state index contributed by atoms with van der Waals surface area (Å²) in [5.41, 5.74) is 2.52. The molecule has 0 bridgehead atoms. The molecule has 0 radical (unpaired) electrons. The van der Waals surface area contributed by atoms with Crippen LogP contribution in [0.5, 0.6) is 0 Å². The maximum Gasteiger partial charge on any atom is 0.411 e. The van der Waals surface area contributed by atoms with Crippen molar-refractivity contribution in [1.82, 2.24) is 34.9 Å². The third-order valence-corrected chi connectivity index (χ3v) is 8.44. The van der Waals surface area contributed by atoms with Crippen molar-refractivity contribution in [2.75, 3.05) is 13.1 Å². The van der Waals surface area contributed by atoms with Crippen LogP contribution >= 0.6 is 0 Å². The van der Waals surface area contributed by atoms with E-state index in [9.17, 15) is 9.59 Å².